The lowest BCUT2D eigenvalue weighted by Crippen LogP contribution is -2.45. The van der Waals surface area contributed by atoms with Crippen molar-refractivity contribution in [3.05, 3.63) is 0 Å². The van der Waals surface area contributed by atoms with Crippen LogP contribution in [0.4, 0.5) is 0 Å². The van der Waals surface area contributed by atoms with Crippen molar-refractivity contribution in [3.63, 3.8) is 0 Å². The summed E-state index contributed by atoms with van der Waals surface area (Å²) in [5, 5.41) is 3.87. The minimum Gasteiger partial charge on any atom is -0.123 e. The molecular weight excluding hydrogens is 399 g/mol. The van der Waals surface area contributed by atoms with Gasteiger partial charge in [0.1, 0.15) is 15.7 Å². The molecule has 0 radical (unpaired) electrons. The van der Waals surface area contributed by atoms with Gasteiger partial charge in [0.25, 0.3) is 0 Å². The second-order valence-electron chi connectivity index (χ2n) is 7.53. The van der Waals surface area contributed by atoms with Crippen molar-refractivity contribution in [2.75, 3.05) is 0 Å². The van der Waals surface area contributed by atoms with Crippen LogP contribution in [0.2, 0.25) is 0 Å². The monoisotopic (exact) mass is 427 g/mol. The Morgan fingerprint density at radius 1 is 0.545 bits per heavy atom. The molecule has 3 rings (SSSR count). The van der Waals surface area contributed by atoms with E-state index in [1.54, 1.807) is 0 Å². The quantitative estimate of drug-likeness (QED) is 0.359. The molecule has 4 heteroatoms. The molecule has 0 saturated heterocycles. The fourth-order valence-corrected chi connectivity index (χ4v) is 9.81. The molecule has 0 aromatic rings. The van der Waals surface area contributed by atoms with E-state index in [1.807, 2.05) is 0 Å². The van der Waals surface area contributed by atoms with E-state index in [0.29, 0.717) is 21.6 Å². The second kappa shape index (κ2) is 8.68. The van der Waals surface area contributed by atoms with Crippen molar-refractivity contribution < 1.29 is 0 Å². The Morgan fingerprint density at radius 3 is 1.23 bits per heavy atom. The molecule has 0 atom stereocenters. The van der Waals surface area contributed by atoms with Crippen LogP contribution in [0.3, 0.4) is 0 Å². The van der Waals surface area contributed by atoms with E-state index < -0.39 is 0 Å². The van der Waals surface area contributed by atoms with Gasteiger partial charge in [-0.2, -0.15) is 0 Å². The first-order chi connectivity index (χ1) is 10.6. The minimum absolute atomic E-state index is 0.457. The van der Waals surface area contributed by atoms with Crippen LogP contribution in [0.5, 0.6) is 0 Å². The summed E-state index contributed by atoms with van der Waals surface area (Å²) in [5.74, 6) is 0. The van der Waals surface area contributed by atoms with Gasteiger partial charge in [-0.25, -0.2) is 0 Å². The first kappa shape index (κ1) is 18.2. The molecule has 3 aliphatic rings. The number of hydrogen-bond acceptors (Lipinski definition) is 0. The van der Waals surface area contributed by atoms with Crippen LogP contribution < -0.4 is 0 Å². The third-order valence-corrected chi connectivity index (χ3v) is 11.5. The fourth-order valence-electron chi connectivity index (χ4n) is 4.70. The van der Waals surface area contributed by atoms with Gasteiger partial charge in [-0.1, -0.05) is 15.9 Å². The van der Waals surface area contributed by atoms with E-state index in [4.69, 9.17) is 23.2 Å². The van der Waals surface area contributed by atoms with E-state index in [2.05, 4.69) is 15.9 Å². The molecule has 0 unspecified atom stereocenters. The van der Waals surface area contributed by atoms with Gasteiger partial charge in [0.2, 0.25) is 0 Å². The van der Waals surface area contributed by atoms with E-state index >= 15 is 0 Å². The third kappa shape index (κ3) is 4.73. The highest BCUT2D eigenvalue weighted by molar-refractivity contribution is 9.09. The molecule has 0 bridgehead atoms. The molecule has 3 fully saturated rings. The lowest BCUT2D eigenvalue weighted by Gasteiger charge is -2.38. The van der Waals surface area contributed by atoms with Gasteiger partial charge < -0.3 is 0 Å². The normalized spacial score (nSPS) is 45.4. The summed E-state index contributed by atoms with van der Waals surface area (Å²) in [6.45, 7) is 0. The maximum Gasteiger partial charge on any atom is 0.118 e. The molecule has 0 spiro atoms. The van der Waals surface area contributed by atoms with E-state index in [-0.39, 0.29) is 0 Å². The molecule has 0 aliphatic heterocycles. The molecule has 128 valence electrons. The maximum absolute atomic E-state index is 6.38. The SMILES string of the molecule is ClC1CCC([S+](C2CCC(Cl)CC2)C2CCC(Br)CC2)CC1. The van der Waals surface area contributed by atoms with Crippen LogP contribution in [-0.2, 0) is 10.9 Å². The standard InChI is InChI=1S/C18H30BrCl2S/c19-13-1-7-16(8-2-13)22(17-9-3-14(20)4-10-17)18-11-5-15(21)6-12-18/h13-18H,1-12H2/q+1. The minimum atomic E-state index is 0.457. The lowest BCUT2D eigenvalue weighted by molar-refractivity contribution is 0.475. The second-order valence-corrected chi connectivity index (χ2v) is 12.9. The van der Waals surface area contributed by atoms with Crippen molar-refractivity contribution in [2.24, 2.45) is 0 Å². The Morgan fingerprint density at radius 2 is 0.864 bits per heavy atom. The van der Waals surface area contributed by atoms with Crippen molar-refractivity contribution in [1.29, 1.82) is 0 Å². The average molecular weight is 429 g/mol. The van der Waals surface area contributed by atoms with Crippen molar-refractivity contribution in [2.45, 2.75) is 108 Å². The number of halogens is 3. The summed E-state index contributed by atoms with van der Waals surface area (Å²) in [6, 6.07) is 0. The predicted molar refractivity (Wildman–Crippen MR) is 106 cm³/mol. The maximum atomic E-state index is 6.38. The van der Waals surface area contributed by atoms with E-state index in [9.17, 15) is 0 Å². The summed E-state index contributed by atoms with van der Waals surface area (Å²) in [4.78, 5) is 0.784. The Hall–Kier alpha value is 1.41. The zero-order valence-corrected chi connectivity index (χ0v) is 17.4. The Bertz CT molecular complexity index is 278. The average Bonchev–Trinajstić information content (AvgIpc) is 2.53. The largest absolute Gasteiger partial charge is 0.123 e. The summed E-state index contributed by atoms with van der Waals surface area (Å²) >= 11 is 16.6. The Labute approximate surface area is 157 Å². The van der Waals surface area contributed by atoms with Crippen LogP contribution >= 0.6 is 39.1 Å². The van der Waals surface area contributed by atoms with Gasteiger partial charge >= 0.3 is 0 Å². The van der Waals surface area contributed by atoms with E-state index in [0.717, 1.165) is 20.6 Å². The van der Waals surface area contributed by atoms with Gasteiger partial charge in [-0.05, 0) is 87.9 Å². The predicted octanol–water partition coefficient (Wildman–Crippen LogP) is 6.41. The molecule has 0 aromatic carbocycles. The van der Waals surface area contributed by atoms with Crippen molar-refractivity contribution >= 4 is 50.0 Å². The summed E-state index contributed by atoms with van der Waals surface area (Å²) in [7, 11) is 0.633. The van der Waals surface area contributed by atoms with Crippen LogP contribution in [0.1, 0.15) is 77.0 Å². The van der Waals surface area contributed by atoms with Crippen LogP contribution in [0, 0.1) is 0 Å². The highest BCUT2D eigenvalue weighted by atomic mass is 79.9. The highest BCUT2D eigenvalue weighted by Crippen LogP contribution is 2.42. The molecule has 0 heterocycles. The summed E-state index contributed by atoms with van der Waals surface area (Å²) in [5.41, 5.74) is 0. The smallest absolute Gasteiger partial charge is 0.118 e. The number of rotatable bonds is 3. The Kier molecular flexibility index (Phi) is 7.18. The zero-order valence-electron chi connectivity index (χ0n) is 13.5. The van der Waals surface area contributed by atoms with Gasteiger partial charge in [0.15, 0.2) is 0 Å². The van der Waals surface area contributed by atoms with Gasteiger partial charge in [-0.15, -0.1) is 23.2 Å². The van der Waals surface area contributed by atoms with Gasteiger partial charge in [0.05, 0.1) is 0 Å². The molecular formula is C18H30BrCl2S+. The van der Waals surface area contributed by atoms with Crippen LogP contribution in [-0.4, -0.2) is 31.3 Å². The van der Waals surface area contributed by atoms with E-state index in [1.165, 1.54) is 77.0 Å². The highest BCUT2D eigenvalue weighted by Gasteiger charge is 2.47. The number of alkyl halides is 3. The molecule has 3 saturated carbocycles. The van der Waals surface area contributed by atoms with Crippen molar-refractivity contribution in [1.82, 2.24) is 0 Å². The third-order valence-electron chi connectivity index (χ3n) is 5.97. The molecule has 3 aliphatic carbocycles. The van der Waals surface area contributed by atoms with Crippen molar-refractivity contribution in [3.8, 4) is 0 Å². The molecule has 22 heavy (non-hydrogen) atoms. The summed E-state index contributed by atoms with van der Waals surface area (Å²) < 4.78 is 0. The fraction of sp³-hybridized carbons (Fsp3) is 1.00. The first-order valence-corrected chi connectivity index (χ1v) is 12.5. The van der Waals surface area contributed by atoms with Crippen LogP contribution in [0.15, 0.2) is 0 Å². The summed E-state index contributed by atoms with van der Waals surface area (Å²) in [6.07, 6.45) is 16.3. The van der Waals surface area contributed by atoms with Gasteiger partial charge in [-0.3, -0.25) is 0 Å². The molecule has 0 N–H and O–H groups in total. The molecule has 0 amide bonds. The first-order valence-electron chi connectivity index (χ1n) is 9.26. The van der Waals surface area contributed by atoms with Crippen LogP contribution in [0.25, 0.3) is 0 Å². The topological polar surface area (TPSA) is 0 Å². The lowest BCUT2D eigenvalue weighted by atomic mass is 9.98. The number of hydrogen-bond donors (Lipinski definition) is 0. The Balaban J connectivity index is 1.67. The zero-order chi connectivity index (χ0) is 15.5. The molecule has 0 nitrogen and oxygen atoms in total. The van der Waals surface area contributed by atoms with Gasteiger partial charge in [0, 0.05) is 15.6 Å². The molecule has 0 aromatic heterocycles.